The van der Waals surface area contributed by atoms with Crippen LogP contribution in [0.5, 0.6) is 0 Å². The zero-order valence-electron chi connectivity index (χ0n) is 14.1. The van der Waals surface area contributed by atoms with Crippen molar-refractivity contribution in [3.63, 3.8) is 0 Å². The summed E-state index contributed by atoms with van der Waals surface area (Å²) in [4.78, 5) is 23.9. The first kappa shape index (κ1) is 19.3. The Labute approximate surface area is 165 Å². The van der Waals surface area contributed by atoms with E-state index in [1.54, 1.807) is 22.9 Å². The van der Waals surface area contributed by atoms with Gasteiger partial charge in [0.2, 0.25) is 5.96 Å². The number of benzene rings is 1. The SMILES string of the molecule is NC(N)=NS(=O)(=O)c1ccc(-n2cccc2C=C2C(=O)NC(=S)NC2=O)cc1. The molecule has 10 nitrogen and oxygen atoms in total. The maximum atomic E-state index is 12.0. The average molecular weight is 418 g/mol. The predicted octanol–water partition coefficient (Wildman–Crippen LogP) is -0.646. The first-order valence-corrected chi connectivity index (χ1v) is 9.54. The summed E-state index contributed by atoms with van der Waals surface area (Å²) >= 11 is 4.76. The number of nitrogens with one attached hydrogen (secondary N) is 2. The quantitative estimate of drug-likeness (QED) is 0.169. The minimum Gasteiger partial charge on any atom is -0.369 e. The number of carbonyl (C=O) groups excluding carboxylic acids is 2. The van der Waals surface area contributed by atoms with E-state index in [1.165, 1.54) is 30.3 Å². The molecule has 1 aliphatic heterocycles. The molecule has 2 heterocycles. The zero-order chi connectivity index (χ0) is 20.5. The zero-order valence-corrected chi connectivity index (χ0v) is 15.8. The second kappa shape index (κ2) is 7.25. The molecule has 3 rings (SSSR count). The van der Waals surface area contributed by atoms with Gasteiger partial charge in [-0.2, -0.15) is 8.42 Å². The fraction of sp³-hybridized carbons (Fsp3) is 0. The van der Waals surface area contributed by atoms with Crippen molar-refractivity contribution < 1.29 is 18.0 Å². The van der Waals surface area contributed by atoms with E-state index < -0.39 is 27.8 Å². The summed E-state index contributed by atoms with van der Waals surface area (Å²) in [5.41, 5.74) is 11.3. The van der Waals surface area contributed by atoms with Crippen LogP contribution < -0.4 is 22.1 Å². The van der Waals surface area contributed by atoms with Gasteiger partial charge in [-0.1, -0.05) is 0 Å². The number of nitrogens with two attached hydrogens (primary N) is 2. The number of carbonyl (C=O) groups is 2. The molecule has 0 bridgehead atoms. The van der Waals surface area contributed by atoms with Gasteiger partial charge in [0.05, 0.1) is 4.90 Å². The Balaban J connectivity index is 1.96. The molecule has 0 saturated carbocycles. The van der Waals surface area contributed by atoms with Crippen LogP contribution in [-0.4, -0.2) is 35.9 Å². The van der Waals surface area contributed by atoms with Gasteiger partial charge in [0.1, 0.15) is 5.57 Å². The highest BCUT2D eigenvalue weighted by Gasteiger charge is 2.26. The summed E-state index contributed by atoms with van der Waals surface area (Å²) in [7, 11) is -4.00. The van der Waals surface area contributed by atoms with E-state index in [1.807, 2.05) is 0 Å². The molecule has 1 fully saturated rings. The molecule has 0 unspecified atom stereocenters. The number of nitrogens with zero attached hydrogens (tertiary/aromatic N) is 2. The maximum absolute atomic E-state index is 12.0. The Morgan fingerprint density at radius 2 is 1.68 bits per heavy atom. The van der Waals surface area contributed by atoms with E-state index >= 15 is 0 Å². The number of amides is 2. The molecule has 1 aliphatic rings. The molecule has 12 heteroatoms. The largest absolute Gasteiger partial charge is 0.369 e. The van der Waals surface area contributed by atoms with E-state index in [4.69, 9.17) is 23.7 Å². The van der Waals surface area contributed by atoms with Gasteiger partial charge in [-0.3, -0.25) is 20.2 Å². The average Bonchev–Trinajstić information content (AvgIpc) is 3.05. The molecule has 6 N–H and O–H groups in total. The Morgan fingerprint density at radius 1 is 1.07 bits per heavy atom. The third kappa shape index (κ3) is 3.92. The first-order valence-electron chi connectivity index (χ1n) is 7.69. The number of hydrogen-bond donors (Lipinski definition) is 4. The molecule has 0 spiro atoms. The smallest absolute Gasteiger partial charge is 0.285 e. The molecule has 1 saturated heterocycles. The lowest BCUT2D eigenvalue weighted by atomic mass is 10.1. The summed E-state index contributed by atoms with van der Waals surface area (Å²) in [5.74, 6) is -1.78. The molecule has 0 aliphatic carbocycles. The fourth-order valence-corrected chi connectivity index (χ4v) is 3.52. The number of sulfonamides is 1. The van der Waals surface area contributed by atoms with Gasteiger partial charge in [-0.25, -0.2) is 0 Å². The summed E-state index contributed by atoms with van der Waals surface area (Å²) in [6.45, 7) is 0. The van der Waals surface area contributed by atoms with Crippen LogP contribution in [-0.2, 0) is 19.6 Å². The first-order chi connectivity index (χ1) is 13.2. The van der Waals surface area contributed by atoms with Crippen LogP contribution >= 0.6 is 12.2 Å². The van der Waals surface area contributed by atoms with Crippen molar-refractivity contribution in [3.05, 3.63) is 53.9 Å². The Kier molecular flexibility index (Phi) is 4.98. The predicted molar refractivity (Wildman–Crippen MR) is 106 cm³/mol. The van der Waals surface area contributed by atoms with Crippen LogP contribution in [0, 0.1) is 0 Å². The number of rotatable bonds is 4. The number of thiocarbonyl (C=S) groups is 1. The monoisotopic (exact) mass is 418 g/mol. The van der Waals surface area contributed by atoms with Gasteiger partial charge < -0.3 is 16.0 Å². The van der Waals surface area contributed by atoms with Crippen molar-refractivity contribution in [1.29, 1.82) is 0 Å². The van der Waals surface area contributed by atoms with Crippen molar-refractivity contribution in [2.24, 2.45) is 15.9 Å². The Bertz CT molecular complexity index is 1120. The van der Waals surface area contributed by atoms with Gasteiger partial charge in [-0.05, 0) is 54.7 Å². The molecule has 1 aromatic heterocycles. The topological polar surface area (TPSA) is 162 Å². The molecule has 144 valence electrons. The minimum absolute atomic E-state index is 0.0555. The van der Waals surface area contributed by atoms with E-state index in [2.05, 4.69) is 15.0 Å². The van der Waals surface area contributed by atoms with Crippen molar-refractivity contribution in [2.45, 2.75) is 4.90 Å². The van der Waals surface area contributed by atoms with Crippen LogP contribution in [0.25, 0.3) is 11.8 Å². The van der Waals surface area contributed by atoms with Gasteiger partial charge >= 0.3 is 0 Å². The van der Waals surface area contributed by atoms with Crippen molar-refractivity contribution in [2.75, 3.05) is 0 Å². The summed E-state index contributed by atoms with van der Waals surface area (Å²) in [6, 6.07) is 9.14. The molecule has 0 radical (unpaired) electrons. The van der Waals surface area contributed by atoms with Crippen LogP contribution in [0.15, 0.2) is 57.5 Å². The molecule has 2 aromatic rings. The standard InChI is InChI=1S/C16H14N6O4S2/c17-15(18)21-28(25,26)11-5-3-9(4-6-11)22-7-1-2-10(22)8-12-13(23)19-16(27)20-14(12)24/h1-8H,(H4,17,18,21)(H2,19,20,23,24,27). The van der Waals surface area contributed by atoms with Gasteiger partial charge in [0, 0.05) is 17.6 Å². The van der Waals surface area contributed by atoms with Crippen LogP contribution in [0.3, 0.4) is 0 Å². The second-order valence-corrected chi connectivity index (χ2v) is 7.60. The lowest BCUT2D eigenvalue weighted by Crippen LogP contribution is -2.51. The van der Waals surface area contributed by atoms with Crippen molar-refractivity contribution in [1.82, 2.24) is 15.2 Å². The highest BCUT2D eigenvalue weighted by atomic mass is 32.2. The normalized spacial score (nSPS) is 14.3. The second-order valence-electron chi connectivity index (χ2n) is 5.58. The van der Waals surface area contributed by atoms with Crippen LogP contribution in [0.2, 0.25) is 0 Å². The highest BCUT2D eigenvalue weighted by molar-refractivity contribution is 7.90. The van der Waals surface area contributed by atoms with Crippen molar-refractivity contribution in [3.8, 4) is 5.69 Å². The summed E-state index contributed by atoms with van der Waals surface area (Å²) < 4.78 is 28.9. The number of guanidine groups is 1. The fourth-order valence-electron chi connectivity index (χ4n) is 2.47. The van der Waals surface area contributed by atoms with E-state index in [0.717, 1.165) is 0 Å². The maximum Gasteiger partial charge on any atom is 0.285 e. The summed E-state index contributed by atoms with van der Waals surface area (Å²) in [6.07, 6.45) is 3.09. The Hall–Kier alpha value is -3.51. The molecule has 0 atom stereocenters. The van der Waals surface area contributed by atoms with E-state index in [-0.39, 0.29) is 15.6 Å². The number of aromatic nitrogens is 1. The van der Waals surface area contributed by atoms with Gasteiger partial charge in [0.15, 0.2) is 5.11 Å². The van der Waals surface area contributed by atoms with E-state index in [0.29, 0.717) is 11.4 Å². The molecule has 28 heavy (non-hydrogen) atoms. The Morgan fingerprint density at radius 3 is 2.25 bits per heavy atom. The van der Waals surface area contributed by atoms with Crippen LogP contribution in [0.4, 0.5) is 0 Å². The van der Waals surface area contributed by atoms with Crippen LogP contribution in [0.1, 0.15) is 5.69 Å². The molecular weight excluding hydrogens is 404 g/mol. The molecular formula is C16H14N6O4S2. The number of hydrogen-bond acceptors (Lipinski definition) is 5. The highest BCUT2D eigenvalue weighted by Crippen LogP contribution is 2.19. The molecule has 1 aromatic carbocycles. The third-order valence-electron chi connectivity index (χ3n) is 3.65. The lowest BCUT2D eigenvalue weighted by Gasteiger charge is -2.16. The minimum atomic E-state index is -4.00. The lowest BCUT2D eigenvalue weighted by molar-refractivity contribution is -0.123. The summed E-state index contributed by atoms with van der Waals surface area (Å²) in [5, 5.41) is 4.65. The van der Waals surface area contributed by atoms with Gasteiger partial charge in [0.25, 0.3) is 21.8 Å². The van der Waals surface area contributed by atoms with E-state index in [9.17, 15) is 18.0 Å². The molecule has 2 amide bonds. The third-order valence-corrected chi connectivity index (χ3v) is 5.18. The van der Waals surface area contributed by atoms with Gasteiger partial charge in [-0.15, -0.1) is 4.40 Å². The van der Waals surface area contributed by atoms with Crippen molar-refractivity contribution >= 4 is 51.2 Å².